The van der Waals surface area contributed by atoms with Crippen LogP contribution >= 0.6 is 0 Å². The highest BCUT2D eigenvalue weighted by molar-refractivity contribution is 7.89. The zero-order chi connectivity index (χ0) is 16.5. The van der Waals surface area contributed by atoms with Crippen molar-refractivity contribution in [3.63, 3.8) is 0 Å². The number of nitro benzene ring substituents is 1. The van der Waals surface area contributed by atoms with Crippen LogP contribution in [0.2, 0.25) is 0 Å². The highest BCUT2D eigenvalue weighted by Crippen LogP contribution is 2.30. The van der Waals surface area contributed by atoms with E-state index in [-0.39, 0.29) is 16.5 Å². The number of hydrogen-bond acceptors (Lipinski definition) is 5. The van der Waals surface area contributed by atoms with Crippen molar-refractivity contribution in [3.05, 3.63) is 33.9 Å². The first kappa shape index (κ1) is 16.9. The van der Waals surface area contributed by atoms with Gasteiger partial charge in [0.05, 0.1) is 9.82 Å². The minimum absolute atomic E-state index is 0.00650. The Balaban J connectivity index is 2.38. The number of benzene rings is 1. The fourth-order valence-corrected chi connectivity index (χ4v) is 4.52. The highest BCUT2D eigenvalue weighted by Gasteiger charge is 2.34. The summed E-state index contributed by atoms with van der Waals surface area (Å²) in [5.41, 5.74) is 6.01. The first-order valence-corrected chi connectivity index (χ1v) is 8.66. The van der Waals surface area contributed by atoms with E-state index in [0.29, 0.717) is 31.1 Å². The second-order valence-corrected chi connectivity index (χ2v) is 7.74. The van der Waals surface area contributed by atoms with Gasteiger partial charge < -0.3 is 5.73 Å². The van der Waals surface area contributed by atoms with Crippen molar-refractivity contribution in [2.24, 2.45) is 17.6 Å². The second-order valence-electron chi connectivity index (χ2n) is 5.83. The molecule has 1 aliphatic rings. The predicted molar refractivity (Wildman–Crippen MR) is 82.9 cm³/mol. The summed E-state index contributed by atoms with van der Waals surface area (Å²) in [5, 5.41) is 10.9. The van der Waals surface area contributed by atoms with Crippen LogP contribution in [0.3, 0.4) is 0 Å². The van der Waals surface area contributed by atoms with Crippen LogP contribution in [0.5, 0.6) is 0 Å². The molecule has 2 N–H and O–H groups in total. The number of nitrogens with two attached hydrogens (primary N) is 1. The SMILES string of the molecule is Cc1ccc([N+](=O)[O-])cc1S(=O)(=O)N1CCC(C)C(CN)C1. The van der Waals surface area contributed by atoms with Gasteiger partial charge in [-0.25, -0.2) is 8.42 Å². The van der Waals surface area contributed by atoms with Crippen molar-refractivity contribution < 1.29 is 13.3 Å². The summed E-state index contributed by atoms with van der Waals surface area (Å²) in [6, 6.07) is 3.92. The van der Waals surface area contributed by atoms with Gasteiger partial charge in [-0.1, -0.05) is 13.0 Å². The Morgan fingerprint density at radius 1 is 1.45 bits per heavy atom. The number of sulfonamides is 1. The third-order valence-electron chi connectivity index (χ3n) is 4.38. The number of piperidine rings is 1. The van der Waals surface area contributed by atoms with Crippen LogP contribution < -0.4 is 5.73 Å². The van der Waals surface area contributed by atoms with E-state index >= 15 is 0 Å². The summed E-state index contributed by atoms with van der Waals surface area (Å²) < 4.78 is 27.0. The van der Waals surface area contributed by atoms with Crippen molar-refractivity contribution in [3.8, 4) is 0 Å². The van der Waals surface area contributed by atoms with Crippen LogP contribution in [0, 0.1) is 28.9 Å². The molecule has 1 aromatic carbocycles. The average molecular weight is 327 g/mol. The van der Waals surface area contributed by atoms with Crippen molar-refractivity contribution >= 4 is 15.7 Å². The molecule has 1 heterocycles. The molecule has 122 valence electrons. The Kier molecular flexibility index (Phi) is 4.84. The van der Waals surface area contributed by atoms with E-state index in [1.165, 1.54) is 16.4 Å². The number of nitro groups is 1. The van der Waals surface area contributed by atoms with Crippen LogP contribution in [0.4, 0.5) is 5.69 Å². The molecule has 22 heavy (non-hydrogen) atoms. The minimum atomic E-state index is -3.74. The Morgan fingerprint density at radius 3 is 2.73 bits per heavy atom. The quantitative estimate of drug-likeness (QED) is 0.666. The van der Waals surface area contributed by atoms with Crippen LogP contribution in [0.1, 0.15) is 18.9 Å². The van der Waals surface area contributed by atoms with Gasteiger partial charge in [0.2, 0.25) is 10.0 Å². The second kappa shape index (κ2) is 6.31. The van der Waals surface area contributed by atoms with Crippen LogP contribution in [-0.2, 0) is 10.0 Å². The third-order valence-corrected chi connectivity index (χ3v) is 6.39. The Hall–Kier alpha value is -1.51. The van der Waals surface area contributed by atoms with Gasteiger partial charge in [0, 0.05) is 25.2 Å². The van der Waals surface area contributed by atoms with Gasteiger partial charge >= 0.3 is 0 Å². The largest absolute Gasteiger partial charge is 0.330 e. The summed E-state index contributed by atoms with van der Waals surface area (Å²) in [4.78, 5) is 10.3. The molecule has 2 rings (SSSR count). The van der Waals surface area contributed by atoms with Crippen LogP contribution in [0.25, 0.3) is 0 Å². The van der Waals surface area contributed by atoms with E-state index in [0.717, 1.165) is 12.5 Å². The lowest BCUT2D eigenvalue weighted by atomic mass is 9.88. The fourth-order valence-electron chi connectivity index (χ4n) is 2.76. The summed E-state index contributed by atoms with van der Waals surface area (Å²) in [6.45, 7) is 4.93. The molecule has 7 nitrogen and oxygen atoms in total. The molecule has 0 amide bonds. The number of rotatable bonds is 4. The van der Waals surface area contributed by atoms with Gasteiger partial charge in [-0.2, -0.15) is 4.31 Å². The molecule has 0 radical (unpaired) electrons. The maximum absolute atomic E-state index is 12.8. The number of aryl methyl sites for hydroxylation is 1. The Labute approximate surface area is 130 Å². The molecule has 2 atom stereocenters. The first-order chi connectivity index (χ1) is 10.3. The van der Waals surface area contributed by atoms with Crippen molar-refractivity contribution in [1.82, 2.24) is 4.31 Å². The minimum Gasteiger partial charge on any atom is -0.330 e. The zero-order valence-corrected chi connectivity index (χ0v) is 13.5. The predicted octanol–water partition coefficient (Wildman–Crippen LogP) is 1.51. The van der Waals surface area contributed by atoms with E-state index in [1.807, 2.05) is 0 Å². The summed E-state index contributed by atoms with van der Waals surface area (Å²) in [7, 11) is -3.74. The lowest BCUT2D eigenvalue weighted by Gasteiger charge is -2.35. The number of nitrogens with zero attached hydrogens (tertiary/aromatic N) is 2. The molecule has 1 fully saturated rings. The molecule has 1 aromatic rings. The summed E-state index contributed by atoms with van der Waals surface area (Å²) in [6.07, 6.45) is 0.745. The molecular formula is C14H21N3O4S. The maximum Gasteiger partial charge on any atom is 0.270 e. The van der Waals surface area contributed by atoms with Crippen molar-refractivity contribution in [2.45, 2.75) is 25.2 Å². The van der Waals surface area contributed by atoms with Gasteiger partial charge in [-0.05, 0) is 37.3 Å². The van der Waals surface area contributed by atoms with Crippen molar-refractivity contribution in [1.29, 1.82) is 0 Å². The molecular weight excluding hydrogens is 306 g/mol. The molecule has 0 saturated carbocycles. The molecule has 0 aromatic heterocycles. The third kappa shape index (κ3) is 3.13. The molecule has 0 spiro atoms. The fraction of sp³-hybridized carbons (Fsp3) is 0.571. The molecule has 8 heteroatoms. The van der Waals surface area contributed by atoms with E-state index in [2.05, 4.69) is 6.92 Å². The first-order valence-electron chi connectivity index (χ1n) is 7.22. The maximum atomic E-state index is 12.8. The standard InChI is InChI=1S/C14H21N3O4S/c1-10-5-6-16(9-12(10)8-15)22(20,21)14-7-13(17(18)19)4-3-11(14)2/h3-4,7,10,12H,5-6,8-9,15H2,1-2H3. The van der Waals surface area contributed by atoms with Gasteiger partial charge in [0.15, 0.2) is 0 Å². The van der Waals surface area contributed by atoms with Crippen molar-refractivity contribution in [2.75, 3.05) is 19.6 Å². The Morgan fingerprint density at radius 2 is 2.14 bits per heavy atom. The molecule has 0 aliphatic carbocycles. The highest BCUT2D eigenvalue weighted by atomic mass is 32.2. The number of non-ortho nitro benzene ring substituents is 1. The zero-order valence-electron chi connectivity index (χ0n) is 12.7. The molecule has 0 bridgehead atoms. The van der Waals surface area contributed by atoms with Gasteiger partial charge in [0.1, 0.15) is 0 Å². The summed E-state index contributed by atoms with van der Waals surface area (Å²) >= 11 is 0. The van der Waals surface area contributed by atoms with Crippen LogP contribution in [-0.4, -0.2) is 37.3 Å². The monoisotopic (exact) mass is 327 g/mol. The van der Waals surface area contributed by atoms with Gasteiger partial charge in [-0.15, -0.1) is 0 Å². The Bertz CT molecular complexity index is 675. The van der Waals surface area contributed by atoms with Gasteiger partial charge in [0.25, 0.3) is 5.69 Å². The molecule has 1 aliphatic heterocycles. The van der Waals surface area contributed by atoms with E-state index in [9.17, 15) is 18.5 Å². The molecule has 2 unspecified atom stereocenters. The van der Waals surface area contributed by atoms with E-state index < -0.39 is 14.9 Å². The smallest absolute Gasteiger partial charge is 0.270 e. The average Bonchev–Trinajstić information content (AvgIpc) is 2.47. The summed E-state index contributed by atoms with van der Waals surface area (Å²) in [5.74, 6) is 0.491. The van der Waals surface area contributed by atoms with Crippen LogP contribution in [0.15, 0.2) is 23.1 Å². The van der Waals surface area contributed by atoms with Gasteiger partial charge in [-0.3, -0.25) is 10.1 Å². The van der Waals surface area contributed by atoms with E-state index in [4.69, 9.17) is 5.73 Å². The normalized spacial score (nSPS) is 23.4. The van der Waals surface area contributed by atoms with E-state index in [1.54, 1.807) is 6.92 Å². The lowest BCUT2D eigenvalue weighted by molar-refractivity contribution is -0.385. The number of hydrogen-bond donors (Lipinski definition) is 1. The molecule has 1 saturated heterocycles. The topological polar surface area (TPSA) is 107 Å². The lowest BCUT2D eigenvalue weighted by Crippen LogP contribution is -2.45.